The van der Waals surface area contributed by atoms with Gasteiger partial charge in [0, 0.05) is 12.8 Å². The summed E-state index contributed by atoms with van der Waals surface area (Å²) in [5.41, 5.74) is 0.565. The quantitative estimate of drug-likeness (QED) is 0.652. The zero-order valence-electron chi connectivity index (χ0n) is 9.91. The van der Waals surface area contributed by atoms with Crippen molar-refractivity contribution in [2.24, 2.45) is 5.92 Å². The number of pyridine rings is 1. The first-order chi connectivity index (χ1) is 8.75. The topological polar surface area (TPSA) is 77.3 Å². The van der Waals surface area contributed by atoms with Gasteiger partial charge in [-0.25, -0.2) is 0 Å². The van der Waals surface area contributed by atoms with E-state index >= 15 is 0 Å². The molecule has 3 rings (SSSR count). The van der Waals surface area contributed by atoms with Crippen molar-refractivity contribution in [3.63, 3.8) is 0 Å². The van der Waals surface area contributed by atoms with Crippen LogP contribution < -0.4 is 5.32 Å². The summed E-state index contributed by atoms with van der Waals surface area (Å²) in [7, 11) is 0. The number of anilines is 1. The number of ether oxygens (including phenoxy) is 1. The lowest BCUT2D eigenvalue weighted by atomic mass is 10.1. The van der Waals surface area contributed by atoms with Crippen molar-refractivity contribution < 1.29 is 9.66 Å². The highest BCUT2D eigenvalue weighted by Crippen LogP contribution is 2.40. The van der Waals surface area contributed by atoms with E-state index in [-0.39, 0.29) is 17.8 Å². The van der Waals surface area contributed by atoms with Gasteiger partial charge in [-0.2, -0.15) is 0 Å². The standard InChI is InChI=1S/C12H15N3O3/c16-15(17)11-7-13-5-3-9(11)14-10-4-6-18-12(10)8-1-2-8/h3,5,7-8,10,12H,1-2,4,6H2,(H,13,14). The van der Waals surface area contributed by atoms with Crippen molar-refractivity contribution in [1.82, 2.24) is 4.98 Å². The maximum absolute atomic E-state index is 10.9. The first kappa shape index (κ1) is 11.4. The smallest absolute Gasteiger partial charge is 0.310 e. The molecule has 0 amide bonds. The molecule has 96 valence electrons. The van der Waals surface area contributed by atoms with Crippen LogP contribution in [0, 0.1) is 16.0 Å². The second kappa shape index (κ2) is 4.53. The number of nitrogens with one attached hydrogen (secondary N) is 1. The van der Waals surface area contributed by atoms with Gasteiger partial charge in [0.15, 0.2) is 0 Å². The highest BCUT2D eigenvalue weighted by atomic mass is 16.6. The van der Waals surface area contributed by atoms with Crippen molar-refractivity contribution in [2.45, 2.75) is 31.4 Å². The van der Waals surface area contributed by atoms with E-state index in [0.717, 1.165) is 13.0 Å². The van der Waals surface area contributed by atoms with Crippen LogP contribution in [0.25, 0.3) is 0 Å². The zero-order valence-corrected chi connectivity index (χ0v) is 9.91. The van der Waals surface area contributed by atoms with Crippen LogP contribution in [0.5, 0.6) is 0 Å². The Morgan fingerprint density at radius 1 is 1.44 bits per heavy atom. The van der Waals surface area contributed by atoms with Crippen molar-refractivity contribution >= 4 is 11.4 Å². The summed E-state index contributed by atoms with van der Waals surface area (Å²) < 4.78 is 5.71. The molecule has 1 saturated carbocycles. The van der Waals surface area contributed by atoms with Gasteiger partial charge in [0.2, 0.25) is 0 Å². The Morgan fingerprint density at radius 3 is 3.00 bits per heavy atom. The molecule has 2 heterocycles. The third-order valence-electron chi connectivity index (χ3n) is 3.56. The lowest BCUT2D eigenvalue weighted by Gasteiger charge is -2.20. The molecule has 1 aliphatic heterocycles. The van der Waals surface area contributed by atoms with Gasteiger partial charge in [-0.1, -0.05) is 0 Å². The second-order valence-electron chi connectivity index (χ2n) is 4.86. The summed E-state index contributed by atoms with van der Waals surface area (Å²) in [5, 5.41) is 14.2. The predicted molar refractivity (Wildman–Crippen MR) is 65.4 cm³/mol. The Hall–Kier alpha value is -1.69. The van der Waals surface area contributed by atoms with Gasteiger partial charge in [-0.15, -0.1) is 0 Å². The van der Waals surface area contributed by atoms with Gasteiger partial charge in [0.25, 0.3) is 0 Å². The zero-order chi connectivity index (χ0) is 12.5. The van der Waals surface area contributed by atoms with Gasteiger partial charge in [-0.3, -0.25) is 15.1 Å². The van der Waals surface area contributed by atoms with Crippen LogP contribution in [-0.2, 0) is 4.74 Å². The van der Waals surface area contributed by atoms with E-state index in [0.29, 0.717) is 11.6 Å². The van der Waals surface area contributed by atoms with Crippen LogP contribution in [0.15, 0.2) is 18.5 Å². The molecular weight excluding hydrogens is 234 g/mol. The van der Waals surface area contributed by atoms with Gasteiger partial charge in [-0.05, 0) is 31.2 Å². The average Bonchev–Trinajstić information content (AvgIpc) is 3.11. The first-order valence-corrected chi connectivity index (χ1v) is 6.22. The van der Waals surface area contributed by atoms with E-state index < -0.39 is 4.92 Å². The van der Waals surface area contributed by atoms with Crippen LogP contribution in [0.3, 0.4) is 0 Å². The summed E-state index contributed by atoms with van der Waals surface area (Å²) in [4.78, 5) is 14.3. The number of hydrogen-bond donors (Lipinski definition) is 1. The molecule has 0 spiro atoms. The molecule has 2 aliphatic rings. The van der Waals surface area contributed by atoms with Crippen molar-refractivity contribution in [2.75, 3.05) is 11.9 Å². The largest absolute Gasteiger partial charge is 0.376 e. The fourth-order valence-electron chi connectivity index (χ4n) is 2.51. The highest BCUT2D eigenvalue weighted by Gasteiger charge is 2.41. The maximum atomic E-state index is 10.9. The number of hydrogen-bond acceptors (Lipinski definition) is 5. The Kier molecular flexibility index (Phi) is 2.87. The van der Waals surface area contributed by atoms with E-state index in [1.165, 1.54) is 19.0 Å². The molecule has 1 N–H and O–H groups in total. The molecule has 2 atom stereocenters. The molecule has 6 heteroatoms. The second-order valence-corrected chi connectivity index (χ2v) is 4.86. The minimum Gasteiger partial charge on any atom is -0.376 e. The number of nitrogens with zero attached hydrogens (tertiary/aromatic N) is 2. The molecule has 18 heavy (non-hydrogen) atoms. The lowest BCUT2D eigenvalue weighted by Crippen LogP contribution is -2.31. The van der Waals surface area contributed by atoms with E-state index in [4.69, 9.17) is 4.74 Å². The van der Waals surface area contributed by atoms with E-state index in [1.807, 2.05) is 0 Å². The lowest BCUT2D eigenvalue weighted by molar-refractivity contribution is -0.384. The fourth-order valence-corrected chi connectivity index (χ4v) is 2.51. The fraction of sp³-hybridized carbons (Fsp3) is 0.583. The van der Waals surface area contributed by atoms with Crippen LogP contribution >= 0.6 is 0 Å². The van der Waals surface area contributed by atoms with E-state index in [2.05, 4.69) is 10.3 Å². The molecule has 2 fully saturated rings. The Labute approximate surface area is 105 Å². The molecule has 1 aromatic rings. The Morgan fingerprint density at radius 2 is 2.28 bits per heavy atom. The predicted octanol–water partition coefficient (Wildman–Crippen LogP) is 1.97. The third kappa shape index (κ3) is 2.15. The monoisotopic (exact) mass is 249 g/mol. The van der Waals surface area contributed by atoms with Crippen LogP contribution in [0.2, 0.25) is 0 Å². The summed E-state index contributed by atoms with van der Waals surface area (Å²) in [6.45, 7) is 0.734. The summed E-state index contributed by atoms with van der Waals surface area (Å²) in [6, 6.07) is 1.83. The van der Waals surface area contributed by atoms with Crippen molar-refractivity contribution in [3.05, 3.63) is 28.6 Å². The Bertz CT molecular complexity index is 462. The van der Waals surface area contributed by atoms with Crippen LogP contribution in [-0.4, -0.2) is 28.7 Å². The molecular formula is C12H15N3O3. The third-order valence-corrected chi connectivity index (χ3v) is 3.56. The molecule has 0 aromatic carbocycles. The van der Waals surface area contributed by atoms with Gasteiger partial charge in [0.1, 0.15) is 11.9 Å². The molecule has 1 aromatic heterocycles. The summed E-state index contributed by atoms with van der Waals surface area (Å²) in [5.74, 6) is 0.630. The maximum Gasteiger partial charge on any atom is 0.310 e. The highest BCUT2D eigenvalue weighted by molar-refractivity contribution is 5.60. The van der Waals surface area contributed by atoms with Crippen molar-refractivity contribution in [3.8, 4) is 0 Å². The summed E-state index contributed by atoms with van der Waals surface area (Å²) >= 11 is 0. The van der Waals surface area contributed by atoms with E-state index in [9.17, 15) is 10.1 Å². The molecule has 1 saturated heterocycles. The molecule has 6 nitrogen and oxygen atoms in total. The SMILES string of the molecule is O=[N+]([O-])c1cnccc1NC1CCOC1C1CC1. The van der Waals surface area contributed by atoms with Crippen LogP contribution in [0.4, 0.5) is 11.4 Å². The van der Waals surface area contributed by atoms with Gasteiger partial charge < -0.3 is 10.1 Å². The minimum atomic E-state index is -0.405. The number of rotatable bonds is 4. The number of aromatic nitrogens is 1. The average molecular weight is 249 g/mol. The van der Waals surface area contributed by atoms with Gasteiger partial charge in [0.05, 0.1) is 17.1 Å². The van der Waals surface area contributed by atoms with Crippen LogP contribution in [0.1, 0.15) is 19.3 Å². The normalized spacial score (nSPS) is 27.1. The Balaban J connectivity index is 1.77. The number of nitro groups is 1. The minimum absolute atomic E-state index is 0.0268. The first-order valence-electron chi connectivity index (χ1n) is 6.22. The molecule has 0 radical (unpaired) electrons. The van der Waals surface area contributed by atoms with E-state index in [1.54, 1.807) is 12.3 Å². The molecule has 2 unspecified atom stereocenters. The molecule has 0 bridgehead atoms. The van der Waals surface area contributed by atoms with Crippen molar-refractivity contribution in [1.29, 1.82) is 0 Å². The van der Waals surface area contributed by atoms with Gasteiger partial charge >= 0.3 is 5.69 Å². The summed E-state index contributed by atoms with van der Waals surface area (Å²) in [6.07, 6.45) is 6.38. The molecule has 1 aliphatic carbocycles.